The van der Waals surface area contributed by atoms with Gasteiger partial charge in [0.2, 0.25) is 0 Å². The molecule has 0 aromatic heterocycles. The first kappa shape index (κ1) is 27.2. The van der Waals surface area contributed by atoms with Gasteiger partial charge in [0.1, 0.15) is 5.78 Å². The van der Waals surface area contributed by atoms with E-state index in [0.717, 1.165) is 19.3 Å². The van der Waals surface area contributed by atoms with Crippen LogP contribution in [-0.4, -0.2) is 17.3 Å². The lowest BCUT2D eigenvalue weighted by molar-refractivity contribution is -0.185. The SMILES string of the molecule is CC1CCC2(C)CCC3(C)C(=CC(=O)C4C5(C)CCC(=O)C(C)(C(=O)c6ccccc6)C5CCC43C)C2C1C. The molecular weight excluding hydrogens is 480 g/mol. The Morgan fingerprint density at radius 1 is 0.846 bits per heavy atom. The second-order valence-corrected chi connectivity index (χ2v) is 15.6. The standard InChI is InChI=1S/C36H48O3/c1-22-13-16-32(3)19-20-34(5)25(29(32)23(22)2)21-26(37)30-33(4)17-15-28(38)36(7,27(33)14-18-35(30,34)6)31(39)24-11-9-8-10-12-24/h8-12,21-23,27,29-30H,13-20H2,1-7H3. The van der Waals surface area contributed by atoms with Crippen molar-refractivity contribution in [2.75, 3.05) is 0 Å². The van der Waals surface area contributed by atoms with Crippen LogP contribution in [0.5, 0.6) is 0 Å². The number of carbonyl (C=O) groups is 3. The zero-order valence-corrected chi connectivity index (χ0v) is 25.2. The van der Waals surface area contributed by atoms with E-state index >= 15 is 0 Å². The number of Topliss-reactive ketones (excluding diaryl/α,β-unsaturated/α-hetero) is 2. The van der Waals surface area contributed by atoms with Gasteiger partial charge in [0.25, 0.3) is 0 Å². The minimum Gasteiger partial charge on any atom is -0.299 e. The number of fused-ring (bicyclic) bond motifs is 7. The van der Waals surface area contributed by atoms with Crippen LogP contribution >= 0.6 is 0 Å². The first-order chi connectivity index (χ1) is 18.2. The smallest absolute Gasteiger partial charge is 0.176 e. The van der Waals surface area contributed by atoms with Gasteiger partial charge >= 0.3 is 0 Å². The van der Waals surface area contributed by atoms with Crippen molar-refractivity contribution in [3.63, 3.8) is 0 Å². The average molecular weight is 529 g/mol. The first-order valence-electron chi connectivity index (χ1n) is 15.6. The van der Waals surface area contributed by atoms with Gasteiger partial charge in [-0.2, -0.15) is 0 Å². The van der Waals surface area contributed by atoms with Crippen LogP contribution in [0.2, 0.25) is 0 Å². The number of carbonyl (C=O) groups excluding carboxylic acids is 3. The van der Waals surface area contributed by atoms with E-state index in [-0.39, 0.29) is 50.8 Å². The van der Waals surface area contributed by atoms with E-state index in [0.29, 0.717) is 36.2 Å². The normalized spacial score (nSPS) is 49.2. The molecule has 0 amide bonds. The Balaban J connectivity index is 1.46. The summed E-state index contributed by atoms with van der Waals surface area (Å²) in [5.74, 6) is 1.71. The molecule has 0 radical (unpaired) electrons. The maximum absolute atomic E-state index is 14.5. The van der Waals surface area contributed by atoms with Gasteiger partial charge in [0.05, 0.1) is 5.41 Å². The van der Waals surface area contributed by atoms with E-state index in [9.17, 15) is 14.4 Å². The van der Waals surface area contributed by atoms with Gasteiger partial charge < -0.3 is 0 Å². The number of ketones is 3. The van der Waals surface area contributed by atoms with Gasteiger partial charge in [-0.25, -0.2) is 0 Å². The summed E-state index contributed by atoms with van der Waals surface area (Å²) in [5, 5.41) is 0. The van der Waals surface area contributed by atoms with Crippen LogP contribution in [0.15, 0.2) is 42.0 Å². The Morgan fingerprint density at radius 2 is 1.54 bits per heavy atom. The van der Waals surface area contributed by atoms with Crippen LogP contribution < -0.4 is 0 Å². The van der Waals surface area contributed by atoms with Crippen LogP contribution in [0.4, 0.5) is 0 Å². The van der Waals surface area contributed by atoms with Crippen molar-refractivity contribution in [2.24, 2.45) is 56.7 Å². The molecule has 0 N–H and O–H groups in total. The summed E-state index contributed by atoms with van der Waals surface area (Å²) in [6, 6.07) is 9.35. The Labute approximate surface area is 235 Å². The molecule has 39 heavy (non-hydrogen) atoms. The zero-order chi connectivity index (χ0) is 28.2. The van der Waals surface area contributed by atoms with Gasteiger partial charge in [-0.05, 0) is 103 Å². The lowest BCUT2D eigenvalue weighted by Crippen LogP contribution is -2.67. The molecule has 1 aromatic rings. The van der Waals surface area contributed by atoms with Gasteiger partial charge in [-0.15, -0.1) is 0 Å². The molecule has 6 rings (SSSR count). The van der Waals surface area contributed by atoms with Crippen LogP contribution in [0, 0.1) is 56.7 Å². The molecule has 4 saturated carbocycles. The fourth-order valence-corrected chi connectivity index (χ4v) is 11.4. The molecule has 0 aliphatic heterocycles. The van der Waals surface area contributed by atoms with Gasteiger partial charge in [0, 0.05) is 17.9 Å². The summed E-state index contributed by atoms with van der Waals surface area (Å²) in [6.45, 7) is 16.4. The van der Waals surface area contributed by atoms with E-state index in [1.165, 1.54) is 24.8 Å². The van der Waals surface area contributed by atoms with E-state index in [4.69, 9.17) is 0 Å². The molecule has 10 unspecified atom stereocenters. The molecule has 5 aliphatic carbocycles. The lowest BCUT2D eigenvalue weighted by Gasteiger charge is -2.70. The Morgan fingerprint density at radius 3 is 2.23 bits per heavy atom. The molecule has 3 heteroatoms. The van der Waals surface area contributed by atoms with Crippen LogP contribution in [0.3, 0.4) is 0 Å². The van der Waals surface area contributed by atoms with E-state index in [1.54, 1.807) is 0 Å². The zero-order valence-electron chi connectivity index (χ0n) is 25.2. The molecule has 0 heterocycles. The Bertz CT molecular complexity index is 1260. The van der Waals surface area contributed by atoms with Crippen molar-refractivity contribution in [3.05, 3.63) is 47.5 Å². The molecule has 210 valence electrons. The number of hydrogen-bond donors (Lipinski definition) is 0. The molecule has 0 spiro atoms. The molecule has 0 saturated heterocycles. The summed E-state index contributed by atoms with van der Waals surface area (Å²) in [5.41, 5.74) is 0.667. The second kappa shape index (κ2) is 8.49. The minimum absolute atomic E-state index is 0.0314. The topological polar surface area (TPSA) is 51.2 Å². The Kier molecular flexibility index (Phi) is 5.91. The third kappa shape index (κ3) is 3.31. The monoisotopic (exact) mass is 528 g/mol. The highest BCUT2D eigenvalue weighted by Crippen LogP contribution is 2.75. The Hall–Kier alpha value is -2.03. The first-order valence-corrected chi connectivity index (χ1v) is 15.6. The lowest BCUT2D eigenvalue weighted by atomic mass is 9.33. The van der Waals surface area contributed by atoms with E-state index in [1.807, 2.05) is 37.3 Å². The van der Waals surface area contributed by atoms with E-state index < -0.39 is 5.41 Å². The van der Waals surface area contributed by atoms with Crippen molar-refractivity contribution in [2.45, 2.75) is 99.8 Å². The summed E-state index contributed by atoms with van der Waals surface area (Å²) >= 11 is 0. The van der Waals surface area contributed by atoms with Crippen LogP contribution in [0.1, 0.15) is 110 Å². The fourth-order valence-electron chi connectivity index (χ4n) is 11.4. The molecule has 4 fully saturated rings. The molecule has 10 atom stereocenters. The third-order valence-electron chi connectivity index (χ3n) is 14.1. The summed E-state index contributed by atoms with van der Waals surface area (Å²) in [4.78, 5) is 42.3. The second-order valence-electron chi connectivity index (χ2n) is 15.6. The average Bonchev–Trinajstić information content (AvgIpc) is 2.90. The molecule has 3 nitrogen and oxygen atoms in total. The largest absolute Gasteiger partial charge is 0.299 e. The summed E-state index contributed by atoms with van der Waals surface area (Å²) < 4.78 is 0. The third-order valence-corrected chi connectivity index (χ3v) is 14.1. The summed E-state index contributed by atoms with van der Waals surface area (Å²) in [7, 11) is 0. The maximum atomic E-state index is 14.5. The summed E-state index contributed by atoms with van der Waals surface area (Å²) in [6.07, 6.45) is 9.82. The quantitative estimate of drug-likeness (QED) is 0.287. The van der Waals surface area contributed by atoms with Gasteiger partial charge in [-0.3, -0.25) is 14.4 Å². The van der Waals surface area contributed by atoms with Crippen molar-refractivity contribution >= 4 is 17.3 Å². The molecule has 1 aromatic carbocycles. The highest BCUT2D eigenvalue weighted by atomic mass is 16.2. The number of hydrogen-bond acceptors (Lipinski definition) is 3. The predicted octanol–water partition coefficient (Wildman–Crippen LogP) is 8.28. The van der Waals surface area contributed by atoms with E-state index in [2.05, 4.69) is 47.6 Å². The number of rotatable bonds is 2. The highest BCUT2D eigenvalue weighted by molar-refractivity contribution is 6.15. The number of benzene rings is 1. The maximum Gasteiger partial charge on any atom is 0.176 e. The van der Waals surface area contributed by atoms with Crippen molar-refractivity contribution in [3.8, 4) is 0 Å². The van der Waals surface area contributed by atoms with Gasteiger partial charge in [-0.1, -0.05) is 77.4 Å². The van der Waals surface area contributed by atoms with Crippen molar-refractivity contribution in [1.82, 2.24) is 0 Å². The number of allylic oxidation sites excluding steroid dienone is 2. The van der Waals surface area contributed by atoms with Crippen molar-refractivity contribution < 1.29 is 14.4 Å². The fraction of sp³-hybridized carbons (Fsp3) is 0.694. The minimum atomic E-state index is -1.08. The molecule has 5 aliphatic rings. The van der Waals surface area contributed by atoms with Gasteiger partial charge in [0.15, 0.2) is 11.6 Å². The molecular formula is C36H48O3. The highest BCUT2D eigenvalue weighted by Gasteiger charge is 2.71. The van der Waals surface area contributed by atoms with Crippen molar-refractivity contribution in [1.29, 1.82) is 0 Å². The predicted molar refractivity (Wildman–Crippen MR) is 155 cm³/mol. The van der Waals surface area contributed by atoms with Crippen LogP contribution in [-0.2, 0) is 9.59 Å². The molecule has 0 bridgehead atoms. The van der Waals surface area contributed by atoms with Crippen LogP contribution in [0.25, 0.3) is 0 Å².